The number of para-hydroxylation sites is 1. The number of hydrogen-bond acceptors (Lipinski definition) is 6. The molecule has 0 radical (unpaired) electrons. The zero-order valence-electron chi connectivity index (χ0n) is 27.6. The molecule has 0 spiro atoms. The molecule has 6 nitrogen and oxygen atoms in total. The van der Waals surface area contributed by atoms with Crippen LogP contribution in [0.2, 0.25) is 0 Å². The lowest BCUT2D eigenvalue weighted by Gasteiger charge is -2.12. The van der Waals surface area contributed by atoms with Gasteiger partial charge in [0.05, 0.1) is 0 Å². The van der Waals surface area contributed by atoms with Crippen molar-refractivity contribution in [3.05, 3.63) is 158 Å². The molecule has 0 saturated heterocycles. The lowest BCUT2D eigenvalue weighted by Crippen LogP contribution is -2.01. The fraction of sp³-hybridized carbons (Fsp3) is 0. The van der Waals surface area contributed by atoms with Gasteiger partial charge in [0.15, 0.2) is 23.1 Å². The zero-order chi connectivity index (χ0) is 34.2. The third-order valence-corrected chi connectivity index (χ3v) is 9.94. The Morgan fingerprint density at radius 2 is 1.04 bits per heavy atom. The van der Waals surface area contributed by atoms with Crippen molar-refractivity contribution in [1.29, 1.82) is 0 Å². The SMILES string of the molecule is c1ccc(-c2nc3cc(-c4nc(-c5ccc6c(ccc7ccccc76)c5)nc(-c5cccc6oc7ccccc7c56)n4)c4ccccc4c3o2)cc1. The second-order valence-corrected chi connectivity index (χ2v) is 13.0. The molecule has 0 atom stereocenters. The monoisotopic (exact) mass is 666 g/mol. The number of benzene rings is 8. The van der Waals surface area contributed by atoms with Crippen molar-refractivity contribution >= 4 is 65.4 Å². The predicted molar refractivity (Wildman–Crippen MR) is 209 cm³/mol. The lowest BCUT2D eigenvalue weighted by atomic mass is 9.99. The number of oxazole rings is 1. The van der Waals surface area contributed by atoms with Gasteiger partial charge in [-0.2, -0.15) is 0 Å². The zero-order valence-corrected chi connectivity index (χ0v) is 27.6. The first-order chi connectivity index (χ1) is 25.7. The van der Waals surface area contributed by atoms with Crippen LogP contribution in [-0.4, -0.2) is 19.9 Å². The molecule has 3 aromatic heterocycles. The van der Waals surface area contributed by atoms with Crippen molar-refractivity contribution < 1.29 is 8.83 Å². The van der Waals surface area contributed by atoms with Crippen LogP contribution in [0.25, 0.3) is 111 Å². The molecule has 11 aromatic rings. The molecule has 0 saturated carbocycles. The molecule has 11 rings (SSSR count). The molecule has 0 amide bonds. The highest BCUT2D eigenvalue weighted by Crippen LogP contribution is 2.40. The van der Waals surface area contributed by atoms with Crippen LogP contribution in [0.15, 0.2) is 167 Å². The minimum Gasteiger partial charge on any atom is -0.456 e. The van der Waals surface area contributed by atoms with Crippen molar-refractivity contribution in [1.82, 2.24) is 19.9 Å². The number of nitrogens with zero attached hydrogens (tertiary/aromatic N) is 4. The van der Waals surface area contributed by atoms with E-state index in [1.165, 1.54) is 16.2 Å². The van der Waals surface area contributed by atoms with Gasteiger partial charge in [0.1, 0.15) is 16.7 Å². The second kappa shape index (κ2) is 11.2. The first kappa shape index (κ1) is 28.6. The summed E-state index contributed by atoms with van der Waals surface area (Å²) in [6.45, 7) is 0. The van der Waals surface area contributed by atoms with Gasteiger partial charge in [-0.05, 0) is 63.3 Å². The highest BCUT2D eigenvalue weighted by atomic mass is 16.3. The van der Waals surface area contributed by atoms with E-state index in [1.54, 1.807) is 0 Å². The Balaban J connectivity index is 1.19. The summed E-state index contributed by atoms with van der Waals surface area (Å²) in [5, 5.41) is 8.60. The number of furan rings is 1. The summed E-state index contributed by atoms with van der Waals surface area (Å²) in [7, 11) is 0. The van der Waals surface area contributed by atoms with Crippen LogP contribution in [0.1, 0.15) is 0 Å². The highest BCUT2D eigenvalue weighted by molar-refractivity contribution is 6.13. The lowest BCUT2D eigenvalue weighted by molar-refractivity contribution is 0.623. The van der Waals surface area contributed by atoms with E-state index in [1.807, 2.05) is 78.9 Å². The van der Waals surface area contributed by atoms with Crippen LogP contribution in [0, 0.1) is 0 Å². The maximum atomic E-state index is 6.42. The van der Waals surface area contributed by atoms with E-state index in [2.05, 4.69) is 78.9 Å². The maximum absolute atomic E-state index is 6.42. The Bertz CT molecular complexity index is 3200. The minimum atomic E-state index is 0.547. The molecule has 8 aromatic carbocycles. The van der Waals surface area contributed by atoms with Crippen LogP contribution < -0.4 is 0 Å². The first-order valence-electron chi connectivity index (χ1n) is 17.2. The quantitative estimate of drug-likeness (QED) is 0.174. The summed E-state index contributed by atoms with van der Waals surface area (Å²) in [6.07, 6.45) is 0. The smallest absolute Gasteiger partial charge is 0.227 e. The van der Waals surface area contributed by atoms with E-state index in [9.17, 15) is 0 Å². The molecule has 0 bridgehead atoms. The molecule has 0 fully saturated rings. The van der Waals surface area contributed by atoms with E-state index in [0.717, 1.165) is 71.5 Å². The van der Waals surface area contributed by atoms with Gasteiger partial charge in [-0.25, -0.2) is 19.9 Å². The van der Waals surface area contributed by atoms with Gasteiger partial charge in [0, 0.05) is 38.4 Å². The fourth-order valence-corrected chi connectivity index (χ4v) is 7.50. The molecule has 0 N–H and O–H groups in total. The van der Waals surface area contributed by atoms with Crippen LogP contribution in [-0.2, 0) is 0 Å². The molecule has 6 heteroatoms. The number of rotatable bonds is 4. The Kier molecular flexibility index (Phi) is 6.15. The van der Waals surface area contributed by atoms with Crippen molar-refractivity contribution in [2.75, 3.05) is 0 Å². The molecule has 0 aliphatic rings. The van der Waals surface area contributed by atoms with Gasteiger partial charge in [0.25, 0.3) is 0 Å². The maximum Gasteiger partial charge on any atom is 0.227 e. The molecule has 0 unspecified atom stereocenters. The Morgan fingerprint density at radius 3 is 1.92 bits per heavy atom. The van der Waals surface area contributed by atoms with Crippen LogP contribution >= 0.6 is 0 Å². The normalized spacial score (nSPS) is 11.8. The van der Waals surface area contributed by atoms with E-state index in [4.69, 9.17) is 28.8 Å². The average molecular weight is 667 g/mol. The number of fused-ring (bicyclic) bond motifs is 9. The summed E-state index contributed by atoms with van der Waals surface area (Å²) in [4.78, 5) is 20.6. The summed E-state index contributed by atoms with van der Waals surface area (Å²) < 4.78 is 12.7. The molecule has 0 aliphatic carbocycles. The Hall–Kier alpha value is -7.18. The summed E-state index contributed by atoms with van der Waals surface area (Å²) in [5.41, 5.74) is 6.59. The Morgan fingerprint density at radius 1 is 0.365 bits per heavy atom. The van der Waals surface area contributed by atoms with E-state index >= 15 is 0 Å². The van der Waals surface area contributed by atoms with Gasteiger partial charge in [-0.3, -0.25) is 0 Å². The molecule has 0 aliphatic heterocycles. The van der Waals surface area contributed by atoms with Crippen molar-refractivity contribution in [2.45, 2.75) is 0 Å². The summed E-state index contributed by atoms with van der Waals surface area (Å²) in [5.74, 6) is 2.25. The van der Waals surface area contributed by atoms with Crippen molar-refractivity contribution in [3.8, 4) is 45.6 Å². The largest absolute Gasteiger partial charge is 0.456 e. The minimum absolute atomic E-state index is 0.547. The highest BCUT2D eigenvalue weighted by Gasteiger charge is 2.21. The molecule has 52 heavy (non-hydrogen) atoms. The molecular formula is C46H26N4O2. The van der Waals surface area contributed by atoms with Crippen LogP contribution in [0.3, 0.4) is 0 Å². The third-order valence-electron chi connectivity index (χ3n) is 9.94. The standard InChI is InChI=1S/C46H26N4O2/c1-2-12-28(13-3-1)46-47-38-26-37(33-15-6-7-16-34(33)42(38)52-46)45-49-43(30-23-24-32-29(25-30)22-21-27-11-4-5-14-31(27)32)48-44(50-45)36-18-10-20-40-41(36)35-17-8-9-19-39(35)51-40/h1-26H. The topological polar surface area (TPSA) is 77.8 Å². The number of hydrogen-bond donors (Lipinski definition) is 0. The van der Waals surface area contributed by atoms with E-state index < -0.39 is 0 Å². The first-order valence-corrected chi connectivity index (χ1v) is 17.2. The fourth-order valence-electron chi connectivity index (χ4n) is 7.50. The molecule has 3 heterocycles. The second-order valence-electron chi connectivity index (χ2n) is 13.0. The van der Waals surface area contributed by atoms with Crippen molar-refractivity contribution in [3.63, 3.8) is 0 Å². The average Bonchev–Trinajstić information content (AvgIpc) is 3.83. The molecule has 242 valence electrons. The number of aromatic nitrogens is 4. The summed E-state index contributed by atoms with van der Waals surface area (Å²) >= 11 is 0. The van der Waals surface area contributed by atoms with Gasteiger partial charge in [0.2, 0.25) is 5.89 Å². The van der Waals surface area contributed by atoms with Crippen molar-refractivity contribution in [2.24, 2.45) is 0 Å². The van der Waals surface area contributed by atoms with E-state index in [0.29, 0.717) is 23.4 Å². The Labute approximate surface area is 296 Å². The summed E-state index contributed by atoms with van der Waals surface area (Å²) in [6, 6.07) is 53.6. The molecular weight excluding hydrogens is 641 g/mol. The van der Waals surface area contributed by atoms with E-state index in [-0.39, 0.29) is 0 Å². The van der Waals surface area contributed by atoms with Gasteiger partial charge in [-0.15, -0.1) is 0 Å². The van der Waals surface area contributed by atoms with Gasteiger partial charge < -0.3 is 8.83 Å². The van der Waals surface area contributed by atoms with Crippen LogP contribution in [0.5, 0.6) is 0 Å². The third kappa shape index (κ3) is 4.44. The van der Waals surface area contributed by atoms with Gasteiger partial charge in [-0.1, -0.05) is 121 Å². The van der Waals surface area contributed by atoms with Gasteiger partial charge >= 0.3 is 0 Å². The predicted octanol–water partition coefficient (Wildman–Crippen LogP) is 12.0. The van der Waals surface area contributed by atoms with Crippen LogP contribution in [0.4, 0.5) is 0 Å².